The smallest absolute Gasteiger partial charge is 0.337 e. The van der Waals surface area contributed by atoms with Crippen molar-refractivity contribution in [2.75, 3.05) is 41.9 Å². The van der Waals surface area contributed by atoms with Gasteiger partial charge < -0.3 is 25.7 Å². The van der Waals surface area contributed by atoms with Crippen LogP contribution >= 0.6 is 0 Å². The van der Waals surface area contributed by atoms with Gasteiger partial charge in [0.2, 0.25) is 0 Å². The van der Waals surface area contributed by atoms with Crippen molar-refractivity contribution in [3.63, 3.8) is 0 Å². The second kappa shape index (κ2) is 14.7. The fourth-order valence-corrected chi connectivity index (χ4v) is 5.69. The Balaban J connectivity index is 0. The summed E-state index contributed by atoms with van der Waals surface area (Å²) in [5.74, 6) is 0. The van der Waals surface area contributed by atoms with Crippen molar-refractivity contribution in [3.05, 3.63) is 0 Å². The molecule has 0 amide bonds. The quantitative estimate of drug-likeness (QED) is 0.250. The molecule has 0 N–H and O–H groups in total. The molecule has 0 spiro atoms. The molecule has 0 aromatic heterocycles. The van der Waals surface area contributed by atoms with E-state index < -0.39 is 8.56 Å². The Morgan fingerprint density at radius 1 is 0.696 bits per heavy atom. The standard InChI is InChI=1S/C18H42NO2Si.ClH/c1-7-8-9-10-11-12-13-14-17-22(20-5,21-6)18-15-16-19(2,3)4;/h7-18H2,1-6H3;1H/q+1;/p-1. The van der Waals surface area contributed by atoms with E-state index in [4.69, 9.17) is 8.85 Å². The van der Waals surface area contributed by atoms with Crippen LogP contribution in [0, 0.1) is 0 Å². The number of rotatable bonds is 15. The van der Waals surface area contributed by atoms with Gasteiger partial charge in [0, 0.05) is 14.2 Å². The molecule has 0 unspecified atom stereocenters. The molecule has 0 aliphatic rings. The van der Waals surface area contributed by atoms with E-state index in [1.165, 1.54) is 64.3 Å². The van der Waals surface area contributed by atoms with Gasteiger partial charge in [-0.2, -0.15) is 0 Å². The fourth-order valence-electron chi connectivity index (χ4n) is 2.97. The van der Waals surface area contributed by atoms with Gasteiger partial charge in [0.1, 0.15) is 0 Å². The van der Waals surface area contributed by atoms with E-state index in [1.54, 1.807) is 0 Å². The maximum Gasteiger partial charge on any atom is 0.337 e. The molecule has 5 heteroatoms. The summed E-state index contributed by atoms with van der Waals surface area (Å²) in [6.45, 7) is 3.47. The second-order valence-electron chi connectivity index (χ2n) is 7.66. The molecule has 0 aliphatic heterocycles. The summed E-state index contributed by atoms with van der Waals surface area (Å²) < 4.78 is 12.8. The molecule has 142 valence electrons. The van der Waals surface area contributed by atoms with Gasteiger partial charge in [0.15, 0.2) is 0 Å². The predicted octanol–water partition coefficient (Wildman–Crippen LogP) is 1.96. The van der Waals surface area contributed by atoms with Crippen LogP contribution in [0.3, 0.4) is 0 Å². The summed E-state index contributed by atoms with van der Waals surface area (Å²) in [6.07, 6.45) is 12.1. The minimum atomic E-state index is -1.93. The number of halogens is 1. The number of quaternary nitrogens is 1. The van der Waals surface area contributed by atoms with Crippen LogP contribution in [0.4, 0.5) is 0 Å². The predicted molar refractivity (Wildman–Crippen MR) is 99.5 cm³/mol. The highest BCUT2D eigenvalue weighted by Crippen LogP contribution is 2.24. The number of hydrogen-bond donors (Lipinski definition) is 0. The SMILES string of the molecule is CCCCCCCCCC[Si](CCC[N+](C)(C)C)(OC)OC.[Cl-]. The lowest BCUT2D eigenvalue weighted by Crippen LogP contribution is -3.00. The van der Waals surface area contributed by atoms with Crippen molar-refractivity contribution in [1.29, 1.82) is 0 Å². The first-order valence-electron chi connectivity index (χ1n) is 9.30. The van der Waals surface area contributed by atoms with Crippen LogP contribution in [0.1, 0.15) is 64.7 Å². The highest BCUT2D eigenvalue weighted by atomic mass is 35.5. The molecule has 0 atom stereocenters. The molecule has 0 aromatic carbocycles. The van der Waals surface area contributed by atoms with Crippen molar-refractivity contribution < 1.29 is 25.7 Å². The Morgan fingerprint density at radius 3 is 1.57 bits per heavy atom. The highest BCUT2D eigenvalue weighted by molar-refractivity contribution is 6.67. The molecule has 0 aliphatic carbocycles. The summed E-state index contributed by atoms with van der Waals surface area (Å²) in [5, 5.41) is 0. The average Bonchev–Trinajstić information content (AvgIpc) is 2.47. The lowest BCUT2D eigenvalue weighted by molar-refractivity contribution is -0.870. The Morgan fingerprint density at radius 2 is 1.13 bits per heavy atom. The van der Waals surface area contributed by atoms with Gasteiger partial charge in [-0.15, -0.1) is 0 Å². The minimum Gasteiger partial charge on any atom is -1.00 e. The minimum absolute atomic E-state index is 0. The molecule has 0 fully saturated rings. The Kier molecular flexibility index (Phi) is 16.4. The topological polar surface area (TPSA) is 18.5 Å². The second-order valence-corrected chi connectivity index (χ2v) is 11.3. The molecule has 23 heavy (non-hydrogen) atoms. The Labute approximate surface area is 153 Å². The third kappa shape index (κ3) is 14.4. The third-order valence-electron chi connectivity index (χ3n) is 4.54. The first-order valence-corrected chi connectivity index (χ1v) is 11.5. The molecule has 0 rings (SSSR count). The maximum absolute atomic E-state index is 5.87. The normalized spacial score (nSPS) is 12.3. The monoisotopic (exact) mass is 367 g/mol. The van der Waals surface area contributed by atoms with E-state index in [9.17, 15) is 0 Å². The van der Waals surface area contributed by atoms with Crippen molar-refractivity contribution in [2.24, 2.45) is 0 Å². The van der Waals surface area contributed by atoms with Gasteiger partial charge in [-0.3, -0.25) is 0 Å². The third-order valence-corrected chi connectivity index (χ3v) is 8.26. The zero-order valence-corrected chi connectivity index (χ0v) is 18.4. The summed E-state index contributed by atoms with van der Waals surface area (Å²) in [6, 6.07) is 2.29. The van der Waals surface area contributed by atoms with E-state index in [0.29, 0.717) is 0 Å². The zero-order valence-electron chi connectivity index (χ0n) is 16.6. The van der Waals surface area contributed by atoms with E-state index in [-0.39, 0.29) is 12.4 Å². The summed E-state index contributed by atoms with van der Waals surface area (Å²) in [7, 11) is 8.53. The first kappa shape index (κ1) is 25.6. The fraction of sp³-hybridized carbons (Fsp3) is 1.00. The maximum atomic E-state index is 5.87. The number of hydrogen-bond acceptors (Lipinski definition) is 2. The van der Waals surface area contributed by atoms with Crippen LogP contribution in [-0.2, 0) is 8.85 Å². The largest absolute Gasteiger partial charge is 1.00 e. The zero-order chi connectivity index (χ0) is 16.9. The summed E-state index contributed by atoms with van der Waals surface area (Å²) in [5.41, 5.74) is 0. The van der Waals surface area contributed by atoms with Crippen LogP contribution in [0.25, 0.3) is 0 Å². The lowest BCUT2D eigenvalue weighted by Gasteiger charge is -2.30. The van der Waals surface area contributed by atoms with Gasteiger partial charge in [0.05, 0.1) is 27.7 Å². The van der Waals surface area contributed by atoms with E-state index in [2.05, 4.69) is 28.1 Å². The van der Waals surface area contributed by atoms with Crippen LogP contribution in [0.2, 0.25) is 12.1 Å². The van der Waals surface area contributed by atoms with E-state index in [0.717, 1.165) is 16.6 Å². The molecular formula is C18H42ClNO2Si. The molecular weight excluding hydrogens is 326 g/mol. The van der Waals surface area contributed by atoms with Crippen LogP contribution in [0.15, 0.2) is 0 Å². The lowest BCUT2D eigenvalue weighted by atomic mass is 10.1. The van der Waals surface area contributed by atoms with Crippen molar-refractivity contribution in [1.82, 2.24) is 0 Å². The van der Waals surface area contributed by atoms with Gasteiger partial charge in [-0.05, 0) is 18.5 Å². The number of nitrogens with zero attached hydrogens (tertiary/aromatic N) is 1. The van der Waals surface area contributed by atoms with Crippen LogP contribution < -0.4 is 12.4 Å². The van der Waals surface area contributed by atoms with E-state index in [1.807, 2.05) is 14.2 Å². The molecule has 0 radical (unpaired) electrons. The molecule has 0 saturated heterocycles. The highest BCUT2D eigenvalue weighted by Gasteiger charge is 2.34. The van der Waals surface area contributed by atoms with Crippen molar-refractivity contribution in [2.45, 2.75) is 76.8 Å². The van der Waals surface area contributed by atoms with Gasteiger partial charge >= 0.3 is 8.56 Å². The summed E-state index contributed by atoms with van der Waals surface area (Å²) in [4.78, 5) is 0. The van der Waals surface area contributed by atoms with Crippen LogP contribution in [0.5, 0.6) is 0 Å². The van der Waals surface area contributed by atoms with Gasteiger partial charge in [-0.1, -0.05) is 58.3 Å². The van der Waals surface area contributed by atoms with Crippen molar-refractivity contribution in [3.8, 4) is 0 Å². The van der Waals surface area contributed by atoms with Crippen LogP contribution in [-0.4, -0.2) is 55.0 Å². The molecule has 0 heterocycles. The molecule has 0 aromatic rings. The molecule has 0 bridgehead atoms. The van der Waals surface area contributed by atoms with Gasteiger partial charge in [0.25, 0.3) is 0 Å². The Hall–Kier alpha value is 0.387. The average molecular weight is 368 g/mol. The Bertz CT molecular complexity index is 256. The summed E-state index contributed by atoms with van der Waals surface area (Å²) >= 11 is 0. The van der Waals surface area contributed by atoms with Crippen molar-refractivity contribution >= 4 is 8.56 Å². The number of unbranched alkanes of at least 4 members (excludes halogenated alkanes) is 7. The first-order chi connectivity index (χ1) is 10.4. The van der Waals surface area contributed by atoms with Gasteiger partial charge in [-0.25, -0.2) is 0 Å². The van der Waals surface area contributed by atoms with E-state index >= 15 is 0 Å². The molecule has 0 saturated carbocycles. The molecule has 3 nitrogen and oxygen atoms in total.